The van der Waals surface area contributed by atoms with Crippen LogP contribution in [0.25, 0.3) is 0 Å². The van der Waals surface area contributed by atoms with E-state index in [1.165, 1.54) is 12.8 Å². The number of aliphatic hydroxyl groups excluding tert-OH is 1. The molecule has 0 aliphatic rings. The first-order valence-electron chi connectivity index (χ1n) is 3.46. The van der Waals surface area contributed by atoms with Gasteiger partial charge in [0, 0.05) is 6.61 Å². The lowest BCUT2D eigenvalue weighted by molar-refractivity contribution is 0.283. The standard InChI is InChI=1S/C7H14OS/c8-6-4-2-1-3-5-7-9/h7-8H,1-6H2. The minimum Gasteiger partial charge on any atom is -0.396 e. The van der Waals surface area contributed by atoms with Gasteiger partial charge in [0.25, 0.3) is 0 Å². The molecule has 0 amide bonds. The third kappa shape index (κ3) is 8.05. The summed E-state index contributed by atoms with van der Waals surface area (Å²) in [6, 6.07) is 0. The third-order valence-electron chi connectivity index (χ3n) is 1.23. The van der Waals surface area contributed by atoms with E-state index in [0.717, 1.165) is 19.3 Å². The molecule has 54 valence electrons. The molecular formula is C7H14OS. The van der Waals surface area contributed by atoms with E-state index in [0.29, 0.717) is 6.61 Å². The van der Waals surface area contributed by atoms with Crippen LogP contribution in [0.5, 0.6) is 0 Å². The van der Waals surface area contributed by atoms with Crippen LogP contribution in [0.1, 0.15) is 32.1 Å². The molecule has 9 heavy (non-hydrogen) atoms. The first kappa shape index (κ1) is 9.05. The molecule has 0 bridgehead atoms. The summed E-state index contributed by atoms with van der Waals surface area (Å²) in [5, 5.41) is 10.2. The van der Waals surface area contributed by atoms with Crippen LogP contribution < -0.4 is 0 Å². The van der Waals surface area contributed by atoms with Gasteiger partial charge in [0.05, 0.1) is 0 Å². The van der Waals surface area contributed by atoms with Gasteiger partial charge in [0.1, 0.15) is 0 Å². The molecule has 1 nitrogen and oxygen atoms in total. The molecule has 0 aromatic heterocycles. The summed E-state index contributed by atoms with van der Waals surface area (Å²) in [4.78, 5) is 0. The Balaban J connectivity index is 2.66. The van der Waals surface area contributed by atoms with Gasteiger partial charge in [0.2, 0.25) is 0 Å². The van der Waals surface area contributed by atoms with Crippen LogP contribution in [-0.2, 0) is 0 Å². The maximum atomic E-state index is 8.39. The lowest BCUT2D eigenvalue weighted by Crippen LogP contribution is -1.82. The SMILES string of the molecule is OCCCCCCC=S. The van der Waals surface area contributed by atoms with Crippen LogP contribution in [0.3, 0.4) is 0 Å². The first-order chi connectivity index (χ1) is 4.41. The van der Waals surface area contributed by atoms with Gasteiger partial charge in [-0.2, -0.15) is 0 Å². The van der Waals surface area contributed by atoms with Crippen molar-refractivity contribution in [2.45, 2.75) is 32.1 Å². The summed E-state index contributed by atoms with van der Waals surface area (Å²) in [5.41, 5.74) is 0. The lowest BCUT2D eigenvalue weighted by Gasteiger charge is -1.93. The van der Waals surface area contributed by atoms with Gasteiger partial charge in [-0.25, -0.2) is 0 Å². The highest BCUT2D eigenvalue weighted by Crippen LogP contribution is 2.00. The molecule has 0 atom stereocenters. The summed E-state index contributed by atoms with van der Waals surface area (Å²) in [6.07, 6.45) is 5.51. The maximum absolute atomic E-state index is 8.39. The fourth-order valence-corrected chi connectivity index (χ4v) is 0.860. The van der Waals surface area contributed by atoms with Crippen molar-refractivity contribution in [3.8, 4) is 0 Å². The molecule has 0 heterocycles. The molecule has 0 saturated carbocycles. The van der Waals surface area contributed by atoms with Crippen molar-refractivity contribution >= 4 is 17.6 Å². The van der Waals surface area contributed by atoms with Gasteiger partial charge in [-0.1, -0.05) is 25.1 Å². The highest BCUT2D eigenvalue weighted by atomic mass is 32.1. The smallest absolute Gasteiger partial charge is 0.0431 e. The molecule has 0 aliphatic heterocycles. The van der Waals surface area contributed by atoms with E-state index in [1.807, 2.05) is 0 Å². The van der Waals surface area contributed by atoms with Gasteiger partial charge in [0.15, 0.2) is 0 Å². The number of unbranched alkanes of at least 4 members (excludes halogenated alkanes) is 4. The number of rotatable bonds is 6. The molecule has 0 fully saturated rings. The summed E-state index contributed by atoms with van der Waals surface area (Å²) in [6.45, 7) is 0.331. The Bertz CT molecular complexity index is 63.9. The van der Waals surface area contributed by atoms with Crippen LogP contribution >= 0.6 is 12.2 Å². The number of hydrogen-bond acceptors (Lipinski definition) is 2. The van der Waals surface area contributed by atoms with Crippen molar-refractivity contribution < 1.29 is 5.11 Å². The van der Waals surface area contributed by atoms with Crippen LogP contribution in [-0.4, -0.2) is 17.1 Å². The maximum Gasteiger partial charge on any atom is 0.0431 e. The number of thiocarbonyl (C=S) groups is 1. The average Bonchev–Trinajstić information content (AvgIpc) is 1.89. The third-order valence-corrected chi connectivity index (χ3v) is 1.47. The van der Waals surface area contributed by atoms with E-state index in [4.69, 9.17) is 5.11 Å². The van der Waals surface area contributed by atoms with E-state index < -0.39 is 0 Å². The number of aliphatic hydroxyl groups is 1. The van der Waals surface area contributed by atoms with Gasteiger partial charge in [-0.05, 0) is 24.6 Å². The van der Waals surface area contributed by atoms with Crippen molar-refractivity contribution in [2.75, 3.05) is 6.61 Å². The minimum atomic E-state index is 0.331. The Kier molecular flexibility index (Phi) is 8.09. The summed E-state index contributed by atoms with van der Waals surface area (Å²) in [5.74, 6) is 0. The van der Waals surface area contributed by atoms with Crippen molar-refractivity contribution in [3.63, 3.8) is 0 Å². The first-order valence-corrected chi connectivity index (χ1v) is 3.93. The van der Waals surface area contributed by atoms with Crippen molar-refractivity contribution in [2.24, 2.45) is 0 Å². The Morgan fingerprint density at radius 1 is 1.11 bits per heavy atom. The van der Waals surface area contributed by atoms with E-state index in [2.05, 4.69) is 12.2 Å². The summed E-state index contributed by atoms with van der Waals surface area (Å²) in [7, 11) is 0. The molecular weight excluding hydrogens is 132 g/mol. The van der Waals surface area contributed by atoms with Gasteiger partial charge in [-0.3, -0.25) is 0 Å². The molecule has 0 unspecified atom stereocenters. The van der Waals surface area contributed by atoms with E-state index in [-0.39, 0.29) is 0 Å². The second kappa shape index (κ2) is 8.05. The monoisotopic (exact) mass is 146 g/mol. The predicted molar refractivity (Wildman–Crippen MR) is 43.8 cm³/mol. The largest absolute Gasteiger partial charge is 0.396 e. The quantitative estimate of drug-likeness (QED) is 0.456. The topological polar surface area (TPSA) is 20.2 Å². The zero-order valence-corrected chi connectivity index (χ0v) is 6.49. The van der Waals surface area contributed by atoms with Crippen LogP contribution in [0.2, 0.25) is 0 Å². The van der Waals surface area contributed by atoms with Crippen molar-refractivity contribution in [1.82, 2.24) is 0 Å². The number of hydrogen-bond donors (Lipinski definition) is 1. The second-order valence-corrected chi connectivity index (χ2v) is 2.43. The summed E-state index contributed by atoms with van der Waals surface area (Å²) < 4.78 is 0. The van der Waals surface area contributed by atoms with Crippen LogP contribution in [0, 0.1) is 0 Å². The van der Waals surface area contributed by atoms with E-state index in [9.17, 15) is 0 Å². The highest BCUT2D eigenvalue weighted by molar-refractivity contribution is 7.78. The Hall–Kier alpha value is 0.0500. The molecule has 0 radical (unpaired) electrons. The molecule has 0 spiro atoms. The fraction of sp³-hybridized carbons (Fsp3) is 0.857. The highest BCUT2D eigenvalue weighted by Gasteiger charge is 1.85. The minimum absolute atomic E-state index is 0.331. The van der Waals surface area contributed by atoms with Gasteiger partial charge in [-0.15, -0.1) is 0 Å². The fourth-order valence-electron chi connectivity index (χ4n) is 0.693. The Morgan fingerprint density at radius 3 is 2.33 bits per heavy atom. The molecule has 0 rings (SSSR count). The molecule has 0 aliphatic carbocycles. The summed E-state index contributed by atoms with van der Waals surface area (Å²) >= 11 is 4.66. The zero-order valence-electron chi connectivity index (χ0n) is 5.68. The second-order valence-electron chi connectivity index (χ2n) is 2.09. The molecule has 0 aromatic rings. The average molecular weight is 146 g/mol. The normalized spacial score (nSPS) is 9.44. The van der Waals surface area contributed by atoms with Crippen molar-refractivity contribution in [3.05, 3.63) is 0 Å². The molecule has 1 N–H and O–H groups in total. The van der Waals surface area contributed by atoms with Crippen molar-refractivity contribution in [1.29, 1.82) is 0 Å². The van der Waals surface area contributed by atoms with Crippen LogP contribution in [0.15, 0.2) is 0 Å². The molecule has 0 aromatic carbocycles. The molecule has 2 heteroatoms. The van der Waals surface area contributed by atoms with E-state index >= 15 is 0 Å². The zero-order chi connectivity index (χ0) is 6.95. The Morgan fingerprint density at radius 2 is 1.78 bits per heavy atom. The lowest BCUT2D eigenvalue weighted by atomic mass is 10.2. The predicted octanol–water partition coefficient (Wildman–Crippen LogP) is 1.93. The molecule has 0 saturated heterocycles. The van der Waals surface area contributed by atoms with E-state index in [1.54, 1.807) is 5.37 Å². The van der Waals surface area contributed by atoms with Crippen LogP contribution in [0.4, 0.5) is 0 Å². The van der Waals surface area contributed by atoms with Gasteiger partial charge >= 0.3 is 0 Å². The van der Waals surface area contributed by atoms with Gasteiger partial charge < -0.3 is 5.11 Å². The Labute approximate surface area is 62.1 Å².